The van der Waals surface area contributed by atoms with E-state index in [1.54, 1.807) is 0 Å². The van der Waals surface area contributed by atoms with Crippen molar-refractivity contribution in [3.63, 3.8) is 0 Å². The van der Waals surface area contributed by atoms with E-state index in [4.69, 9.17) is 4.65 Å². The van der Waals surface area contributed by atoms with E-state index in [9.17, 15) is 0 Å². The molecule has 0 N–H and O–H groups in total. The number of fused-ring (bicyclic) bond motifs is 3. The molecule has 0 unspecified atom stereocenters. The van der Waals surface area contributed by atoms with Crippen molar-refractivity contribution in [1.82, 2.24) is 0 Å². The lowest BCUT2D eigenvalue weighted by Gasteiger charge is -2.34. The molecule has 0 saturated carbocycles. The Morgan fingerprint density at radius 3 is 2.50 bits per heavy atom. The lowest BCUT2D eigenvalue weighted by molar-refractivity contribution is 0.0375. The summed E-state index contributed by atoms with van der Waals surface area (Å²) in [5, 5.41) is 1.44. The molecule has 1 fully saturated rings. The molecular formula is C27H33BOS. The van der Waals surface area contributed by atoms with Crippen LogP contribution in [-0.2, 0) is 11.1 Å². The maximum Gasteiger partial charge on any atom is 0.327 e. The molecule has 1 saturated heterocycles. The summed E-state index contributed by atoms with van der Waals surface area (Å²) >= 11 is 1.94. The molecule has 0 bridgehead atoms. The molecule has 1 aliphatic carbocycles. The molecule has 0 amide bonds. The minimum Gasteiger partial charge on any atom is -0.426 e. The highest BCUT2D eigenvalue weighted by Gasteiger charge is 2.49. The maximum atomic E-state index is 6.49. The van der Waals surface area contributed by atoms with E-state index in [1.807, 2.05) is 25.2 Å². The first kappa shape index (κ1) is 21.4. The number of hydrogen-bond donors (Lipinski definition) is 0. The first-order valence-electron chi connectivity index (χ1n) is 11.3. The first-order chi connectivity index (χ1) is 14.4. The summed E-state index contributed by atoms with van der Waals surface area (Å²) in [6.45, 7) is 13.3. The van der Waals surface area contributed by atoms with Gasteiger partial charge >= 0.3 is 6.92 Å². The highest BCUT2D eigenvalue weighted by Crippen LogP contribution is 2.45. The maximum absolute atomic E-state index is 6.49. The zero-order chi connectivity index (χ0) is 21.5. The molecule has 0 spiro atoms. The predicted molar refractivity (Wildman–Crippen MR) is 135 cm³/mol. The van der Waals surface area contributed by atoms with Crippen molar-refractivity contribution in [2.45, 2.75) is 66.3 Å². The average molecular weight is 416 g/mol. The SMILES string of the molecule is CC.CC1(C)CB(c2cccc(-c3cccc4c5c(sc34)C=CCC5)c2)OC1(C)C. The molecule has 3 heteroatoms. The van der Waals surface area contributed by atoms with Crippen molar-refractivity contribution in [1.29, 1.82) is 0 Å². The van der Waals surface area contributed by atoms with Gasteiger partial charge in [-0.1, -0.05) is 76.2 Å². The summed E-state index contributed by atoms with van der Waals surface area (Å²) in [5.41, 5.74) is 5.55. The number of benzene rings is 2. The van der Waals surface area contributed by atoms with Crippen molar-refractivity contribution >= 4 is 39.9 Å². The quantitative estimate of drug-likeness (QED) is 0.391. The van der Waals surface area contributed by atoms with Gasteiger partial charge in [0.25, 0.3) is 0 Å². The van der Waals surface area contributed by atoms with Crippen LogP contribution in [0.2, 0.25) is 6.32 Å². The van der Waals surface area contributed by atoms with Gasteiger partial charge < -0.3 is 4.65 Å². The summed E-state index contributed by atoms with van der Waals surface area (Å²) in [4.78, 5) is 1.44. The molecule has 1 aliphatic heterocycles. The van der Waals surface area contributed by atoms with Gasteiger partial charge in [0.15, 0.2) is 0 Å². The molecule has 1 aromatic heterocycles. The standard InChI is InChI=1S/C25H27BOS.C2H6/c1-24(2)16-26(27-25(24,3)4)18-10-7-9-17(15-18)19-12-8-13-21-20-11-5-6-14-22(20)28-23(19)21;1-2/h6-10,12-15H,5,11,16H2,1-4H3;1-2H3. The lowest BCUT2D eigenvalue weighted by atomic mass is 9.54. The van der Waals surface area contributed by atoms with Gasteiger partial charge in [0.1, 0.15) is 0 Å². The minimum atomic E-state index is -0.104. The predicted octanol–water partition coefficient (Wildman–Crippen LogP) is 7.59. The molecule has 2 aromatic carbocycles. The third-order valence-electron chi connectivity index (χ3n) is 7.01. The van der Waals surface area contributed by atoms with E-state index in [-0.39, 0.29) is 17.9 Å². The Bertz CT molecular complexity index is 1070. The average Bonchev–Trinajstić information content (AvgIpc) is 3.23. The van der Waals surface area contributed by atoms with Crippen LogP contribution in [0, 0.1) is 5.41 Å². The van der Waals surface area contributed by atoms with Crippen molar-refractivity contribution < 1.29 is 4.65 Å². The normalized spacial score (nSPS) is 18.8. The van der Waals surface area contributed by atoms with Crippen LogP contribution >= 0.6 is 11.3 Å². The van der Waals surface area contributed by atoms with Gasteiger partial charge in [0.2, 0.25) is 0 Å². The fourth-order valence-corrected chi connectivity index (χ4v) is 5.90. The number of hydrogen-bond acceptors (Lipinski definition) is 2. The Kier molecular flexibility index (Phi) is 5.72. The molecule has 30 heavy (non-hydrogen) atoms. The van der Waals surface area contributed by atoms with Crippen molar-refractivity contribution in [2.75, 3.05) is 0 Å². The van der Waals surface area contributed by atoms with E-state index in [1.165, 1.54) is 37.1 Å². The van der Waals surface area contributed by atoms with Crippen LogP contribution in [0.4, 0.5) is 0 Å². The highest BCUT2D eigenvalue weighted by atomic mass is 32.1. The first-order valence-corrected chi connectivity index (χ1v) is 12.2. The van der Waals surface area contributed by atoms with Crippen LogP contribution in [0.1, 0.15) is 58.4 Å². The fourth-order valence-electron chi connectivity index (χ4n) is 4.59. The highest BCUT2D eigenvalue weighted by molar-refractivity contribution is 7.20. The Balaban J connectivity index is 0.00000106. The number of thiophene rings is 1. The lowest BCUT2D eigenvalue weighted by Crippen LogP contribution is -2.36. The molecule has 5 rings (SSSR count). The van der Waals surface area contributed by atoms with E-state index < -0.39 is 0 Å². The van der Waals surface area contributed by atoms with Crippen LogP contribution in [-0.4, -0.2) is 12.5 Å². The van der Waals surface area contributed by atoms with Crippen LogP contribution < -0.4 is 5.46 Å². The van der Waals surface area contributed by atoms with Gasteiger partial charge in [-0.15, -0.1) is 11.3 Å². The zero-order valence-corrected chi connectivity index (χ0v) is 20.0. The summed E-state index contributed by atoms with van der Waals surface area (Å²) in [5.74, 6) is 0. The Morgan fingerprint density at radius 1 is 1.00 bits per heavy atom. The minimum absolute atomic E-state index is 0.104. The topological polar surface area (TPSA) is 9.23 Å². The number of allylic oxidation sites excluding steroid dienone is 1. The molecule has 0 radical (unpaired) electrons. The number of aryl methyl sites for hydroxylation is 1. The largest absolute Gasteiger partial charge is 0.426 e. The molecular weight excluding hydrogens is 383 g/mol. The van der Waals surface area contributed by atoms with E-state index in [2.05, 4.69) is 82.3 Å². The second-order valence-corrected chi connectivity index (χ2v) is 10.5. The fraction of sp³-hybridized carbons (Fsp3) is 0.407. The van der Waals surface area contributed by atoms with E-state index >= 15 is 0 Å². The second kappa shape index (κ2) is 8.02. The smallest absolute Gasteiger partial charge is 0.327 e. The monoisotopic (exact) mass is 416 g/mol. The summed E-state index contributed by atoms with van der Waals surface area (Å²) in [6.07, 6.45) is 7.99. The van der Waals surface area contributed by atoms with Crippen LogP contribution in [0.5, 0.6) is 0 Å². The van der Waals surface area contributed by atoms with Gasteiger partial charge in [-0.2, -0.15) is 0 Å². The van der Waals surface area contributed by atoms with Crippen molar-refractivity contribution in [3.05, 3.63) is 59.0 Å². The summed E-state index contributed by atoms with van der Waals surface area (Å²) < 4.78 is 7.91. The molecule has 2 heterocycles. The molecule has 156 valence electrons. The Labute approximate surface area is 186 Å². The molecule has 3 aromatic rings. The summed E-state index contributed by atoms with van der Waals surface area (Å²) in [7, 11) is 0. The Hall–Kier alpha value is -1.84. The zero-order valence-electron chi connectivity index (χ0n) is 19.2. The Morgan fingerprint density at radius 2 is 1.77 bits per heavy atom. The van der Waals surface area contributed by atoms with Gasteiger partial charge in [0.05, 0.1) is 5.60 Å². The third-order valence-corrected chi connectivity index (χ3v) is 8.26. The van der Waals surface area contributed by atoms with Gasteiger partial charge in [-0.25, -0.2) is 0 Å². The van der Waals surface area contributed by atoms with Crippen LogP contribution in [0.15, 0.2) is 48.5 Å². The van der Waals surface area contributed by atoms with Crippen molar-refractivity contribution in [3.8, 4) is 11.1 Å². The van der Waals surface area contributed by atoms with Crippen LogP contribution in [0.25, 0.3) is 27.3 Å². The molecule has 1 nitrogen and oxygen atoms in total. The third kappa shape index (κ3) is 3.57. The van der Waals surface area contributed by atoms with Gasteiger partial charge in [-0.3, -0.25) is 0 Å². The van der Waals surface area contributed by atoms with Gasteiger partial charge in [0, 0.05) is 9.58 Å². The molecule has 2 aliphatic rings. The van der Waals surface area contributed by atoms with Gasteiger partial charge in [-0.05, 0) is 72.0 Å². The number of rotatable bonds is 2. The molecule has 0 atom stereocenters. The summed E-state index contributed by atoms with van der Waals surface area (Å²) in [6, 6.07) is 15.8. The van der Waals surface area contributed by atoms with Crippen LogP contribution in [0.3, 0.4) is 0 Å². The second-order valence-electron chi connectivity index (χ2n) is 9.40. The van der Waals surface area contributed by atoms with Crippen molar-refractivity contribution in [2.24, 2.45) is 5.41 Å². The van der Waals surface area contributed by atoms with E-state index in [0.29, 0.717) is 0 Å². The van der Waals surface area contributed by atoms with E-state index in [0.717, 1.165) is 19.2 Å².